The third-order valence-electron chi connectivity index (χ3n) is 3.39. The number of carbonyl (C=O) groups excluding carboxylic acids is 1. The normalized spacial score (nSPS) is 11.6. The van der Waals surface area contributed by atoms with Gasteiger partial charge in [-0.25, -0.2) is 4.98 Å². The van der Waals surface area contributed by atoms with Gasteiger partial charge in [-0.1, -0.05) is 23.2 Å². The van der Waals surface area contributed by atoms with Crippen LogP contribution < -0.4 is 0 Å². The molecule has 3 rings (SSSR count). The minimum atomic E-state index is -0.652. The van der Waals surface area contributed by atoms with Gasteiger partial charge in [0.1, 0.15) is 23.9 Å². The van der Waals surface area contributed by atoms with Gasteiger partial charge in [-0.3, -0.25) is 4.79 Å². The maximum atomic E-state index is 10.6. The first-order valence-electron chi connectivity index (χ1n) is 7.37. The van der Waals surface area contributed by atoms with E-state index in [2.05, 4.69) is 22.0 Å². The molecule has 3 aromatic rings. The molecule has 6 nitrogen and oxygen atoms in total. The number of imidazole rings is 1. The van der Waals surface area contributed by atoms with Crippen LogP contribution >= 0.6 is 0 Å². The van der Waals surface area contributed by atoms with Crippen LogP contribution in [0.25, 0.3) is 0 Å². The summed E-state index contributed by atoms with van der Waals surface area (Å²) in [4.78, 5) is 14.7. The highest BCUT2D eigenvalue weighted by Crippen LogP contribution is 2.12. The number of carbonyl (C=O) groups is 1. The average Bonchev–Trinajstić information content (AvgIpc) is 3.23. The Labute approximate surface area is 138 Å². The van der Waals surface area contributed by atoms with E-state index in [0.717, 1.165) is 11.8 Å². The highest BCUT2D eigenvalue weighted by Gasteiger charge is 2.10. The first-order valence-corrected chi connectivity index (χ1v) is 7.37. The third-order valence-corrected chi connectivity index (χ3v) is 3.39. The van der Waals surface area contributed by atoms with Crippen molar-refractivity contribution in [2.75, 3.05) is 0 Å². The average molecular weight is 321 g/mol. The van der Waals surface area contributed by atoms with Gasteiger partial charge in [0, 0.05) is 29.6 Å². The zero-order valence-electron chi connectivity index (χ0n) is 13.0. The molecule has 0 aliphatic carbocycles. The summed E-state index contributed by atoms with van der Waals surface area (Å²) in [5.74, 6) is 6.87. The molecule has 1 unspecified atom stereocenters. The maximum Gasteiger partial charge on any atom is 0.210 e. The number of rotatable bonds is 4. The summed E-state index contributed by atoms with van der Waals surface area (Å²) in [5, 5.41) is 13.6. The molecular weight excluding hydrogens is 306 g/mol. The highest BCUT2D eigenvalue weighted by molar-refractivity contribution is 5.74. The number of nitrogens with zero attached hydrogens (tertiary/aromatic N) is 3. The predicted octanol–water partition coefficient (Wildman–Crippen LogP) is 2.19. The van der Waals surface area contributed by atoms with Crippen molar-refractivity contribution < 1.29 is 14.4 Å². The fourth-order valence-electron chi connectivity index (χ4n) is 2.22. The van der Waals surface area contributed by atoms with Gasteiger partial charge in [0.15, 0.2) is 0 Å². The summed E-state index contributed by atoms with van der Waals surface area (Å²) in [6, 6.07) is 8.71. The second kappa shape index (κ2) is 6.94. The Morgan fingerprint density at radius 3 is 2.83 bits per heavy atom. The molecule has 0 saturated heterocycles. The van der Waals surface area contributed by atoms with E-state index in [4.69, 9.17) is 4.52 Å². The molecule has 1 aromatic carbocycles. The molecule has 0 saturated carbocycles. The van der Waals surface area contributed by atoms with E-state index in [9.17, 15) is 9.90 Å². The van der Waals surface area contributed by atoms with Gasteiger partial charge in [-0.2, -0.15) is 0 Å². The molecule has 0 amide bonds. The van der Waals surface area contributed by atoms with Crippen molar-refractivity contribution in [2.24, 2.45) is 0 Å². The second-order valence-corrected chi connectivity index (χ2v) is 5.26. The van der Waals surface area contributed by atoms with E-state index >= 15 is 0 Å². The molecule has 24 heavy (non-hydrogen) atoms. The Kier molecular flexibility index (Phi) is 4.54. The molecule has 0 aliphatic rings. The van der Waals surface area contributed by atoms with Crippen molar-refractivity contribution >= 4 is 6.29 Å². The van der Waals surface area contributed by atoms with Crippen LogP contribution in [0.4, 0.5) is 0 Å². The summed E-state index contributed by atoms with van der Waals surface area (Å²) in [7, 11) is 0. The molecule has 2 aromatic heterocycles. The molecule has 0 radical (unpaired) electrons. The van der Waals surface area contributed by atoms with E-state index in [1.165, 1.54) is 0 Å². The molecular formula is C18H15N3O3. The topological polar surface area (TPSA) is 81.2 Å². The van der Waals surface area contributed by atoms with E-state index in [1.54, 1.807) is 54.2 Å². The lowest BCUT2D eigenvalue weighted by atomic mass is 10.1. The second-order valence-electron chi connectivity index (χ2n) is 5.26. The molecule has 0 fully saturated rings. The van der Waals surface area contributed by atoms with Crippen molar-refractivity contribution in [1.82, 2.24) is 14.7 Å². The number of aliphatic hydroxyl groups excluding tert-OH is 1. The minimum Gasteiger partial charge on any atom is -0.385 e. The molecule has 0 bridgehead atoms. The van der Waals surface area contributed by atoms with Crippen molar-refractivity contribution in [2.45, 2.75) is 19.6 Å². The zero-order valence-corrected chi connectivity index (χ0v) is 13.0. The highest BCUT2D eigenvalue weighted by atomic mass is 16.5. The van der Waals surface area contributed by atoms with Crippen LogP contribution in [0.15, 0.2) is 47.2 Å². The lowest BCUT2D eigenvalue weighted by Crippen LogP contribution is -2.07. The van der Waals surface area contributed by atoms with Crippen LogP contribution in [-0.4, -0.2) is 26.1 Å². The minimum absolute atomic E-state index is 0.444. The van der Waals surface area contributed by atoms with Gasteiger partial charge >= 0.3 is 0 Å². The lowest BCUT2D eigenvalue weighted by Gasteiger charge is -2.07. The largest absolute Gasteiger partial charge is 0.385 e. The Morgan fingerprint density at radius 2 is 2.12 bits per heavy atom. The SMILES string of the molecule is CC(O)c1nccn1Cc1cc(C#Cc2ccc(C=O)cc2)on1. The zero-order chi connectivity index (χ0) is 16.9. The van der Waals surface area contributed by atoms with Crippen molar-refractivity contribution in [3.63, 3.8) is 0 Å². The molecule has 2 heterocycles. The first kappa shape index (κ1) is 15.7. The van der Waals surface area contributed by atoms with Crippen LogP contribution in [-0.2, 0) is 6.54 Å². The van der Waals surface area contributed by atoms with Gasteiger partial charge in [-0.15, -0.1) is 0 Å². The fraction of sp³-hybridized carbons (Fsp3) is 0.167. The number of hydrogen-bond donors (Lipinski definition) is 1. The molecule has 6 heteroatoms. The molecule has 0 spiro atoms. The summed E-state index contributed by atoms with van der Waals surface area (Å²) < 4.78 is 7.01. The molecule has 120 valence electrons. The number of benzene rings is 1. The van der Waals surface area contributed by atoms with Gasteiger partial charge in [0.05, 0.1) is 6.54 Å². The van der Waals surface area contributed by atoms with Crippen molar-refractivity contribution in [1.29, 1.82) is 0 Å². The Balaban J connectivity index is 1.73. The van der Waals surface area contributed by atoms with E-state index in [0.29, 0.717) is 29.4 Å². The molecule has 0 aliphatic heterocycles. The predicted molar refractivity (Wildman–Crippen MR) is 86.3 cm³/mol. The number of aromatic nitrogens is 3. The van der Waals surface area contributed by atoms with Gasteiger partial charge in [0.25, 0.3) is 0 Å². The van der Waals surface area contributed by atoms with Gasteiger partial charge in [0.2, 0.25) is 5.76 Å². The van der Waals surface area contributed by atoms with E-state index in [-0.39, 0.29) is 0 Å². The summed E-state index contributed by atoms with van der Waals surface area (Å²) in [6.07, 6.45) is 3.54. The number of aliphatic hydroxyl groups is 1. The van der Waals surface area contributed by atoms with Crippen molar-refractivity contribution in [3.05, 3.63) is 71.1 Å². The van der Waals surface area contributed by atoms with Crippen LogP contribution in [0.2, 0.25) is 0 Å². The number of hydrogen-bond acceptors (Lipinski definition) is 5. The van der Waals surface area contributed by atoms with E-state index in [1.807, 2.05) is 0 Å². The molecule has 1 N–H and O–H groups in total. The van der Waals surface area contributed by atoms with Crippen LogP contribution in [0.1, 0.15) is 46.2 Å². The Bertz CT molecular complexity index is 895. The van der Waals surface area contributed by atoms with Crippen LogP contribution in [0.5, 0.6) is 0 Å². The Morgan fingerprint density at radius 1 is 1.33 bits per heavy atom. The Hall–Kier alpha value is -3.17. The summed E-state index contributed by atoms with van der Waals surface area (Å²) in [5.41, 5.74) is 2.08. The molecule has 1 atom stereocenters. The number of aldehydes is 1. The summed E-state index contributed by atoms with van der Waals surface area (Å²) in [6.45, 7) is 2.11. The van der Waals surface area contributed by atoms with Crippen LogP contribution in [0, 0.1) is 11.8 Å². The standard InChI is InChI=1S/C18H15N3O3/c1-13(23)18-19-8-9-21(18)11-16-10-17(24-20-16)7-6-14-2-4-15(12-22)5-3-14/h2-5,8-10,12-13,23H,11H2,1H3. The summed E-state index contributed by atoms with van der Waals surface area (Å²) >= 11 is 0. The van der Waals surface area contributed by atoms with Crippen molar-refractivity contribution in [3.8, 4) is 11.8 Å². The monoisotopic (exact) mass is 321 g/mol. The van der Waals surface area contributed by atoms with E-state index < -0.39 is 6.10 Å². The third kappa shape index (κ3) is 3.59. The fourth-order valence-corrected chi connectivity index (χ4v) is 2.22. The van der Waals surface area contributed by atoms with Gasteiger partial charge in [-0.05, 0) is 25.0 Å². The lowest BCUT2D eigenvalue weighted by molar-refractivity contribution is 0.112. The first-order chi connectivity index (χ1) is 11.7. The quantitative estimate of drug-likeness (QED) is 0.588. The maximum absolute atomic E-state index is 10.6. The van der Waals surface area contributed by atoms with Gasteiger partial charge < -0.3 is 14.2 Å². The van der Waals surface area contributed by atoms with Crippen LogP contribution in [0.3, 0.4) is 0 Å². The smallest absolute Gasteiger partial charge is 0.210 e.